The van der Waals surface area contributed by atoms with E-state index in [0.29, 0.717) is 19.3 Å². The summed E-state index contributed by atoms with van der Waals surface area (Å²) >= 11 is 0. The average Bonchev–Trinajstić information content (AvgIpc) is 2.44. The number of alkyl halides is 6. The maximum Gasteiger partial charge on any atom is 0.399 e. The topological polar surface area (TPSA) is 4.36 Å². The molecule has 23 heavy (non-hydrogen) atoms. The molecule has 2 aliphatic carbocycles. The summed E-state index contributed by atoms with van der Waals surface area (Å²) in [6, 6.07) is -1.14. The quantitative estimate of drug-likeness (QED) is 0.415. The molecule has 0 N–H and O–H groups in total. The highest BCUT2D eigenvalue weighted by Crippen LogP contribution is 2.52. The van der Waals surface area contributed by atoms with Crippen molar-refractivity contribution in [3.05, 3.63) is 11.4 Å². The standard InChI is InChI=1S/C16H21F6N/c1-9-3-5-11(12(7-9)15(17,18)19)10-4-6-14(23-2)13(8-10)16(20,21)22/h9-14H,3-8H2,1H3. The summed E-state index contributed by atoms with van der Waals surface area (Å²) in [5.41, 5.74) is 0. The van der Waals surface area contributed by atoms with E-state index >= 15 is 0 Å². The molecule has 1 nitrogen and oxygen atoms in total. The van der Waals surface area contributed by atoms with E-state index in [1.165, 1.54) is 0 Å². The van der Waals surface area contributed by atoms with E-state index in [0.717, 1.165) is 0 Å². The highest BCUT2D eigenvalue weighted by molar-refractivity contribution is 4.98. The molecule has 6 atom stereocenters. The zero-order chi connectivity index (χ0) is 17.4. The highest BCUT2D eigenvalue weighted by atomic mass is 19.4. The molecule has 0 spiro atoms. The van der Waals surface area contributed by atoms with Crippen LogP contribution in [-0.2, 0) is 0 Å². The maximum absolute atomic E-state index is 13.3. The monoisotopic (exact) mass is 341 g/mol. The largest absolute Gasteiger partial charge is 0.399 e. The van der Waals surface area contributed by atoms with Gasteiger partial charge in [0.25, 0.3) is 0 Å². The van der Waals surface area contributed by atoms with Crippen molar-refractivity contribution in [3.8, 4) is 0 Å². The number of hydrogen-bond acceptors (Lipinski definition) is 0. The molecule has 132 valence electrons. The molecule has 0 radical (unpaired) electrons. The van der Waals surface area contributed by atoms with Crippen molar-refractivity contribution in [2.45, 2.75) is 63.8 Å². The molecule has 2 aliphatic rings. The summed E-state index contributed by atoms with van der Waals surface area (Å²) in [6.45, 7) is 8.70. The fourth-order valence-corrected chi connectivity index (χ4v) is 4.43. The summed E-state index contributed by atoms with van der Waals surface area (Å²) in [5, 5.41) is 0. The molecule has 0 amide bonds. The van der Waals surface area contributed by atoms with Gasteiger partial charge in [-0.25, -0.2) is 6.57 Å². The van der Waals surface area contributed by atoms with Crippen molar-refractivity contribution in [3.63, 3.8) is 0 Å². The Morgan fingerprint density at radius 2 is 1.43 bits per heavy atom. The molecule has 0 aromatic heterocycles. The minimum absolute atomic E-state index is 0.00754. The van der Waals surface area contributed by atoms with Gasteiger partial charge in [-0.15, -0.1) is 0 Å². The molecular weight excluding hydrogens is 320 g/mol. The van der Waals surface area contributed by atoms with Gasteiger partial charge in [0, 0.05) is 6.42 Å². The van der Waals surface area contributed by atoms with E-state index in [4.69, 9.17) is 6.57 Å². The second-order valence-corrected chi connectivity index (χ2v) is 7.15. The molecule has 2 rings (SSSR count). The van der Waals surface area contributed by atoms with Gasteiger partial charge in [0.2, 0.25) is 6.04 Å². The Kier molecular flexibility index (Phi) is 5.22. The number of nitrogens with zero attached hydrogens (tertiary/aromatic N) is 1. The molecule has 0 bridgehead atoms. The van der Waals surface area contributed by atoms with Crippen LogP contribution in [0.2, 0.25) is 0 Å². The van der Waals surface area contributed by atoms with Crippen LogP contribution in [0, 0.1) is 36.2 Å². The molecule has 0 heterocycles. The number of rotatable bonds is 1. The molecule has 7 heteroatoms. The van der Waals surface area contributed by atoms with Crippen LogP contribution in [-0.4, -0.2) is 18.4 Å². The van der Waals surface area contributed by atoms with Crippen LogP contribution in [0.1, 0.15) is 45.4 Å². The van der Waals surface area contributed by atoms with E-state index in [9.17, 15) is 26.3 Å². The molecule has 0 aromatic carbocycles. The van der Waals surface area contributed by atoms with E-state index in [2.05, 4.69) is 4.85 Å². The van der Waals surface area contributed by atoms with Crippen LogP contribution < -0.4 is 0 Å². The SMILES string of the molecule is [C-]#[N+]C1CCC(C2CCC(C)CC2C(F)(F)F)CC1C(F)(F)F. The first-order valence-electron chi connectivity index (χ1n) is 8.04. The molecule has 2 fully saturated rings. The fourth-order valence-electron chi connectivity index (χ4n) is 4.43. The molecule has 0 aliphatic heterocycles. The summed E-state index contributed by atoms with van der Waals surface area (Å²) in [4.78, 5) is 3.06. The fraction of sp³-hybridized carbons (Fsp3) is 0.938. The Morgan fingerprint density at radius 1 is 0.826 bits per heavy atom. The lowest BCUT2D eigenvalue weighted by molar-refractivity contribution is -0.216. The summed E-state index contributed by atoms with van der Waals surface area (Å²) in [5.74, 6) is -4.65. The minimum atomic E-state index is -4.51. The van der Waals surface area contributed by atoms with Gasteiger partial charge in [-0.2, -0.15) is 26.3 Å². The van der Waals surface area contributed by atoms with Crippen molar-refractivity contribution in [1.29, 1.82) is 0 Å². The smallest absolute Gasteiger partial charge is 0.313 e. The van der Waals surface area contributed by atoms with Gasteiger partial charge in [-0.3, -0.25) is 0 Å². The first-order valence-corrected chi connectivity index (χ1v) is 8.04. The molecule has 6 unspecified atom stereocenters. The van der Waals surface area contributed by atoms with Gasteiger partial charge in [-0.05, 0) is 43.4 Å². The Bertz CT molecular complexity index is 449. The van der Waals surface area contributed by atoms with Crippen LogP contribution in [0.3, 0.4) is 0 Å². The van der Waals surface area contributed by atoms with Crippen molar-refractivity contribution >= 4 is 0 Å². The molecular formula is C16H21F6N. The van der Waals surface area contributed by atoms with Crippen LogP contribution in [0.25, 0.3) is 4.85 Å². The third-order valence-corrected chi connectivity index (χ3v) is 5.63. The Labute approximate surface area is 132 Å². The second-order valence-electron chi connectivity index (χ2n) is 7.15. The van der Waals surface area contributed by atoms with E-state index in [1.807, 2.05) is 0 Å². The third-order valence-electron chi connectivity index (χ3n) is 5.63. The summed E-state index contributed by atoms with van der Waals surface area (Å²) in [6.07, 6.45) is -7.87. The minimum Gasteiger partial charge on any atom is -0.313 e. The molecule has 2 saturated carbocycles. The Hall–Kier alpha value is -0.930. The lowest BCUT2D eigenvalue weighted by atomic mass is 9.63. The second kappa shape index (κ2) is 6.52. The normalized spacial score (nSPS) is 39.7. The average molecular weight is 341 g/mol. The first-order chi connectivity index (χ1) is 10.5. The van der Waals surface area contributed by atoms with Crippen molar-refractivity contribution in [1.82, 2.24) is 0 Å². The van der Waals surface area contributed by atoms with E-state index in [-0.39, 0.29) is 25.2 Å². The van der Waals surface area contributed by atoms with E-state index in [1.54, 1.807) is 6.92 Å². The first kappa shape index (κ1) is 18.4. The van der Waals surface area contributed by atoms with Crippen LogP contribution >= 0.6 is 0 Å². The summed E-state index contributed by atoms with van der Waals surface area (Å²) < 4.78 is 79.4. The summed E-state index contributed by atoms with van der Waals surface area (Å²) in [7, 11) is 0. The Balaban J connectivity index is 2.18. The van der Waals surface area contributed by atoms with Crippen LogP contribution in [0.4, 0.5) is 26.3 Å². The van der Waals surface area contributed by atoms with Gasteiger partial charge < -0.3 is 4.85 Å². The number of halogens is 6. The van der Waals surface area contributed by atoms with Crippen molar-refractivity contribution in [2.24, 2.45) is 29.6 Å². The lowest BCUT2D eigenvalue weighted by Gasteiger charge is -2.43. The highest BCUT2D eigenvalue weighted by Gasteiger charge is 2.55. The predicted molar refractivity (Wildman–Crippen MR) is 73.3 cm³/mol. The van der Waals surface area contributed by atoms with Crippen molar-refractivity contribution in [2.75, 3.05) is 0 Å². The van der Waals surface area contributed by atoms with Gasteiger partial charge in [0.1, 0.15) is 5.92 Å². The maximum atomic E-state index is 13.3. The molecule has 0 aromatic rings. The van der Waals surface area contributed by atoms with Gasteiger partial charge in [0.15, 0.2) is 0 Å². The van der Waals surface area contributed by atoms with Gasteiger partial charge in [-0.1, -0.05) is 13.3 Å². The van der Waals surface area contributed by atoms with Crippen molar-refractivity contribution < 1.29 is 26.3 Å². The van der Waals surface area contributed by atoms with Crippen LogP contribution in [0.15, 0.2) is 0 Å². The predicted octanol–water partition coefficient (Wildman–Crippen LogP) is 5.87. The van der Waals surface area contributed by atoms with Crippen LogP contribution in [0.5, 0.6) is 0 Å². The molecule has 0 saturated heterocycles. The zero-order valence-electron chi connectivity index (χ0n) is 12.9. The van der Waals surface area contributed by atoms with Gasteiger partial charge in [0.05, 0.1) is 5.92 Å². The van der Waals surface area contributed by atoms with E-state index < -0.39 is 42.1 Å². The van der Waals surface area contributed by atoms with Gasteiger partial charge >= 0.3 is 12.4 Å². The Morgan fingerprint density at radius 3 is 1.96 bits per heavy atom. The number of hydrogen-bond donors (Lipinski definition) is 0. The lowest BCUT2D eigenvalue weighted by Crippen LogP contribution is -2.44. The third kappa shape index (κ3) is 4.13. The zero-order valence-corrected chi connectivity index (χ0v) is 12.9.